The third kappa shape index (κ3) is 1.88. The first-order valence-electron chi connectivity index (χ1n) is 4.44. The minimum atomic E-state index is 0.213. The zero-order valence-electron chi connectivity index (χ0n) is 7.46. The molecule has 2 rings (SSSR count). The number of hydrogen-bond acceptors (Lipinski definition) is 1. The van der Waals surface area contributed by atoms with Crippen LogP contribution in [0, 0.1) is 3.57 Å². The van der Waals surface area contributed by atoms with Gasteiger partial charge in [-0.1, -0.05) is 11.6 Å². The van der Waals surface area contributed by atoms with Gasteiger partial charge in [0.1, 0.15) is 0 Å². The van der Waals surface area contributed by atoms with Crippen LogP contribution in [0.5, 0.6) is 0 Å². The molecule has 0 aromatic heterocycles. The zero-order valence-corrected chi connectivity index (χ0v) is 10.4. The number of carbonyl (C=O) groups excluding carboxylic acids is 1. The molecule has 1 aliphatic heterocycles. The standard InChI is InChI=1S/C10H9ClINO/c11-7-3-4-9(8(12)6-7)13-5-1-2-10(13)14/h3-4,6H,1-2,5H2. The summed E-state index contributed by atoms with van der Waals surface area (Å²) in [5.41, 5.74) is 0.984. The molecular formula is C10H9ClINO. The van der Waals surface area contributed by atoms with Gasteiger partial charge in [-0.05, 0) is 47.2 Å². The van der Waals surface area contributed by atoms with E-state index in [1.807, 2.05) is 23.1 Å². The number of nitrogens with zero attached hydrogens (tertiary/aromatic N) is 1. The van der Waals surface area contributed by atoms with Crippen molar-refractivity contribution in [1.82, 2.24) is 0 Å². The molecule has 0 radical (unpaired) electrons. The minimum absolute atomic E-state index is 0.213. The Bertz CT molecular complexity index is 380. The third-order valence-electron chi connectivity index (χ3n) is 2.27. The predicted molar refractivity (Wildman–Crippen MR) is 65.8 cm³/mol. The Kier molecular flexibility index (Phi) is 2.97. The number of anilines is 1. The molecule has 1 aliphatic rings. The molecule has 0 aliphatic carbocycles. The van der Waals surface area contributed by atoms with Gasteiger partial charge in [-0.2, -0.15) is 0 Å². The van der Waals surface area contributed by atoms with Crippen LogP contribution in [0.25, 0.3) is 0 Å². The average Bonchev–Trinajstić information content (AvgIpc) is 2.52. The van der Waals surface area contributed by atoms with Gasteiger partial charge < -0.3 is 4.90 Å². The van der Waals surface area contributed by atoms with Crippen molar-refractivity contribution in [3.63, 3.8) is 0 Å². The molecule has 14 heavy (non-hydrogen) atoms. The summed E-state index contributed by atoms with van der Waals surface area (Å²) in [6, 6.07) is 5.61. The molecule has 0 spiro atoms. The normalized spacial score (nSPS) is 16.4. The van der Waals surface area contributed by atoms with Gasteiger partial charge in [0.15, 0.2) is 0 Å². The number of rotatable bonds is 1. The fourth-order valence-electron chi connectivity index (χ4n) is 1.60. The van der Waals surface area contributed by atoms with Gasteiger partial charge in [0.05, 0.1) is 5.69 Å². The molecule has 4 heteroatoms. The van der Waals surface area contributed by atoms with Crippen LogP contribution in [0.4, 0.5) is 5.69 Å². The lowest BCUT2D eigenvalue weighted by Gasteiger charge is -2.17. The second-order valence-corrected chi connectivity index (χ2v) is 4.84. The van der Waals surface area contributed by atoms with E-state index in [4.69, 9.17) is 11.6 Å². The van der Waals surface area contributed by atoms with Gasteiger partial charge in [-0.3, -0.25) is 4.79 Å². The smallest absolute Gasteiger partial charge is 0.227 e. The Labute approximate surface area is 101 Å². The summed E-state index contributed by atoms with van der Waals surface area (Å²) in [5.74, 6) is 0.213. The SMILES string of the molecule is O=C1CCCN1c1ccc(Cl)cc1I. The van der Waals surface area contributed by atoms with Crippen molar-refractivity contribution in [3.8, 4) is 0 Å². The topological polar surface area (TPSA) is 20.3 Å². The van der Waals surface area contributed by atoms with Crippen molar-refractivity contribution in [2.24, 2.45) is 0 Å². The van der Waals surface area contributed by atoms with Gasteiger partial charge in [0, 0.05) is 21.6 Å². The molecule has 0 N–H and O–H groups in total. The summed E-state index contributed by atoms with van der Waals surface area (Å²) < 4.78 is 1.03. The molecule has 0 atom stereocenters. The third-order valence-corrected chi connectivity index (χ3v) is 3.37. The van der Waals surface area contributed by atoms with Gasteiger partial charge >= 0.3 is 0 Å². The predicted octanol–water partition coefficient (Wildman–Crippen LogP) is 3.07. The number of carbonyl (C=O) groups is 1. The number of amides is 1. The molecule has 1 heterocycles. The Hall–Kier alpha value is -0.290. The first-order chi connectivity index (χ1) is 6.68. The lowest BCUT2D eigenvalue weighted by molar-refractivity contribution is -0.117. The van der Waals surface area contributed by atoms with Crippen LogP contribution >= 0.6 is 34.2 Å². The molecule has 1 aromatic carbocycles. The monoisotopic (exact) mass is 321 g/mol. The Morgan fingerprint density at radius 2 is 2.21 bits per heavy atom. The van der Waals surface area contributed by atoms with E-state index in [9.17, 15) is 4.79 Å². The molecule has 2 nitrogen and oxygen atoms in total. The second-order valence-electron chi connectivity index (χ2n) is 3.24. The first kappa shape index (κ1) is 10.2. The van der Waals surface area contributed by atoms with E-state index in [1.54, 1.807) is 0 Å². The molecular weight excluding hydrogens is 312 g/mol. The van der Waals surface area contributed by atoms with E-state index >= 15 is 0 Å². The van der Waals surface area contributed by atoms with E-state index in [2.05, 4.69) is 22.6 Å². The van der Waals surface area contributed by atoms with E-state index in [1.165, 1.54) is 0 Å². The van der Waals surface area contributed by atoms with E-state index < -0.39 is 0 Å². The number of halogens is 2. The highest BCUT2D eigenvalue weighted by Crippen LogP contribution is 2.28. The average molecular weight is 322 g/mol. The summed E-state index contributed by atoms with van der Waals surface area (Å²) in [7, 11) is 0. The summed E-state index contributed by atoms with van der Waals surface area (Å²) in [6.07, 6.45) is 1.62. The second kappa shape index (κ2) is 4.06. The van der Waals surface area contributed by atoms with Crippen LogP contribution in [-0.4, -0.2) is 12.5 Å². The van der Waals surface area contributed by atoms with E-state index in [0.717, 1.165) is 22.2 Å². The fourth-order valence-corrected chi connectivity index (χ4v) is 2.77. The van der Waals surface area contributed by atoms with Crippen LogP contribution in [0.1, 0.15) is 12.8 Å². The molecule has 1 fully saturated rings. The van der Waals surface area contributed by atoms with Crippen LogP contribution in [0.15, 0.2) is 18.2 Å². The highest BCUT2D eigenvalue weighted by Gasteiger charge is 2.23. The van der Waals surface area contributed by atoms with Crippen LogP contribution < -0.4 is 4.90 Å². The molecule has 1 amide bonds. The summed E-state index contributed by atoms with van der Waals surface area (Å²) in [5, 5.41) is 0.713. The van der Waals surface area contributed by atoms with E-state index in [0.29, 0.717) is 11.4 Å². The summed E-state index contributed by atoms with van der Waals surface area (Å²) in [6.45, 7) is 0.830. The van der Waals surface area contributed by atoms with Crippen molar-refractivity contribution < 1.29 is 4.79 Å². The maximum Gasteiger partial charge on any atom is 0.227 e. The highest BCUT2D eigenvalue weighted by atomic mass is 127. The molecule has 0 unspecified atom stereocenters. The quantitative estimate of drug-likeness (QED) is 0.728. The molecule has 74 valence electrons. The van der Waals surface area contributed by atoms with Crippen molar-refractivity contribution in [2.45, 2.75) is 12.8 Å². The van der Waals surface area contributed by atoms with Gasteiger partial charge in [-0.25, -0.2) is 0 Å². The minimum Gasteiger partial charge on any atom is -0.311 e. The Morgan fingerprint density at radius 3 is 2.79 bits per heavy atom. The van der Waals surface area contributed by atoms with Crippen LogP contribution in [-0.2, 0) is 4.79 Å². The van der Waals surface area contributed by atoms with Crippen molar-refractivity contribution in [3.05, 3.63) is 26.8 Å². The Balaban J connectivity index is 2.36. The van der Waals surface area contributed by atoms with Crippen molar-refractivity contribution >= 4 is 45.8 Å². The maximum absolute atomic E-state index is 11.5. The lowest BCUT2D eigenvalue weighted by Crippen LogP contribution is -2.24. The summed E-state index contributed by atoms with van der Waals surface area (Å²) >= 11 is 8.06. The highest BCUT2D eigenvalue weighted by molar-refractivity contribution is 14.1. The first-order valence-corrected chi connectivity index (χ1v) is 5.89. The largest absolute Gasteiger partial charge is 0.311 e. The maximum atomic E-state index is 11.5. The molecule has 0 bridgehead atoms. The van der Waals surface area contributed by atoms with Crippen molar-refractivity contribution in [1.29, 1.82) is 0 Å². The van der Waals surface area contributed by atoms with Crippen molar-refractivity contribution in [2.75, 3.05) is 11.4 Å². The number of benzene rings is 1. The summed E-state index contributed by atoms with van der Waals surface area (Å²) in [4.78, 5) is 13.3. The molecule has 1 aromatic rings. The Morgan fingerprint density at radius 1 is 1.43 bits per heavy atom. The van der Waals surface area contributed by atoms with Gasteiger partial charge in [0.2, 0.25) is 5.91 Å². The van der Waals surface area contributed by atoms with Gasteiger partial charge in [0.25, 0.3) is 0 Å². The van der Waals surface area contributed by atoms with E-state index in [-0.39, 0.29) is 5.91 Å². The van der Waals surface area contributed by atoms with Crippen LogP contribution in [0.3, 0.4) is 0 Å². The fraction of sp³-hybridized carbons (Fsp3) is 0.300. The zero-order chi connectivity index (χ0) is 10.1. The number of hydrogen-bond donors (Lipinski definition) is 0. The molecule has 0 saturated carbocycles. The molecule has 1 saturated heterocycles. The lowest BCUT2D eigenvalue weighted by atomic mass is 10.3. The van der Waals surface area contributed by atoms with Crippen LogP contribution in [0.2, 0.25) is 5.02 Å². The van der Waals surface area contributed by atoms with Gasteiger partial charge in [-0.15, -0.1) is 0 Å².